The van der Waals surface area contributed by atoms with Gasteiger partial charge < -0.3 is 9.15 Å². The van der Waals surface area contributed by atoms with E-state index in [0.29, 0.717) is 11.6 Å². The van der Waals surface area contributed by atoms with Crippen molar-refractivity contribution in [3.63, 3.8) is 0 Å². The Labute approximate surface area is 124 Å². The fourth-order valence-electron chi connectivity index (χ4n) is 2.08. The van der Waals surface area contributed by atoms with E-state index in [9.17, 15) is 0 Å². The van der Waals surface area contributed by atoms with Crippen LogP contribution in [0.3, 0.4) is 0 Å². The maximum absolute atomic E-state index is 8.48. The minimum atomic E-state index is 0.0308. The monoisotopic (exact) mass is 285 g/mol. The summed E-state index contributed by atoms with van der Waals surface area (Å²) in [6, 6.07) is 9.83. The first-order valence-corrected chi connectivity index (χ1v) is 6.88. The van der Waals surface area contributed by atoms with E-state index in [0.717, 1.165) is 11.3 Å². The molecule has 0 saturated carbocycles. The smallest absolute Gasteiger partial charge is 0.211 e. The fourth-order valence-corrected chi connectivity index (χ4v) is 2.08. The lowest BCUT2D eigenvalue weighted by molar-refractivity contribution is 0.367. The molecular weight excluding hydrogens is 266 g/mol. The summed E-state index contributed by atoms with van der Waals surface area (Å²) in [7, 11) is 0. The van der Waals surface area contributed by atoms with E-state index in [-0.39, 0.29) is 18.7 Å². The van der Waals surface area contributed by atoms with Gasteiger partial charge in [0, 0.05) is 6.04 Å². The average Bonchev–Trinajstić information content (AvgIpc) is 2.92. The van der Waals surface area contributed by atoms with Crippen molar-refractivity contribution < 1.29 is 9.15 Å². The normalized spacial score (nSPS) is 13.4. The standard InChI is InChI=1S/C16H19N3O2/c1-11-10-18-16(21-11)13(3)19-12(2)14-4-6-15(7-5-14)20-9-8-17/h4-7,10,12-13,19H,9H2,1-3H3. The lowest BCUT2D eigenvalue weighted by atomic mass is 10.1. The van der Waals surface area contributed by atoms with Gasteiger partial charge >= 0.3 is 0 Å². The van der Waals surface area contributed by atoms with E-state index >= 15 is 0 Å². The number of nitrogens with one attached hydrogen (secondary N) is 1. The van der Waals surface area contributed by atoms with Crippen LogP contribution in [0.25, 0.3) is 0 Å². The second-order valence-electron chi connectivity index (χ2n) is 4.94. The molecule has 0 amide bonds. The van der Waals surface area contributed by atoms with Crippen LogP contribution in [0.5, 0.6) is 5.75 Å². The van der Waals surface area contributed by atoms with Gasteiger partial charge in [-0.3, -0.25) is 5.32 Å². The van der Waals surface area contributed by atoms with Gasteiger partial charge in [0.15, 0.2) is 6.61 Å². The maximum Gasteiger partial charge on any atom is 0.211 e. The van der Waals surface area contributed by atoms with Crippen molar-refractivity contribution in [1.82, 2.24) is 10.3 Å². The van der Waals surface area contributed by atoms with Crippen LogP contribution < -0.4 is 10.1 Å². The van der Waals surface area contributed by atoms with Crippen LogP contribution in [0.2, 0.25) is 0 Å². The van der Waals surface area contributed by atoms with Crippen molar-refractivity contribution in [3.05, 3.63) is 47.7 Å². The minimum absolute atomic E-state index is 0.0308. The molecule has 0 fully saturated rings. The zero-order valence-corrected chi connectivity index (χ0v) is 12.5. The molecular formula is C16H19N3O2. The van der Waals surface area contributed by atoms with Crippen LogP contribution in [-0.2, 0) is 0 Å². The van der Waals surface area contributed by atoms with Crippen LogP contribution in [0, 0.1) is 18.3 Å². The highest BCUT2D eigenvalue weighted by Crippen LogP contribution is 2.21. The molecule has 0 aliphatic carbocycles. The van der Waals surface area contributed by atoms with E-state index in [1.54, 1.807) is 6.20 Å². The second kappa shape index (κ2) is 6.91. The molecule has 0 aliphatic heterocycles. The number of oxazole rings is 1. The lowest BCUT2D eigenvalue weighted by Crippen LogP contribution is -2.22. The minimum Gasteiger partial charge on any atom is -0.479 e. The molecule has 2 aromatic rings. The van der Waals surface area contributed by atoms with Gasteiger partial charge in [0.05, 0.1) is 12.2 Å². The quantitative estimate of drug-likeness (QED) is 0.881. The zero-order valence-electron chi connectivity index (χ0n) is 12.5. The van der Waals surface area contributed by atoms with Gasteiger partial charge in [-0.2, -0.15) is 5.26 Å². The van der Waals surface area contributed by atoms with Crippen LogP contribution in [-0.4, -0.2) is 11.6 Å². The summed E-state index contributed by atoms with van der Waals surface area (Å²) in [5, 5.41) is 11.9. The lowest BCUT2D eigenvalue weighted by Gasteiger charge is -2.18. The van der Waals surface area contributed by atoms with Crippen molar-refractivity contribution in [2.75, 3.05) is 6.61 Å². The van der Waals surface area contributed by atoms with Gasteiger partial charge in [-0.15, -0.1) is 0 Å². The summed E-state index contributed by atoms with van der Waals surface area (Å²) in [5.41, 5.74) is 1.13. The molecule has 2 unspecified atom stereocenters. The Morgan fingerprint density at radius 3 is 2.57 bits per heavy atom. The number of hydrogen-bond acceptors (Lipinski definition) is 5. The van der Waals surface area contributed by atoms with Crippen LogP contribution in [0.1, 0.15) is 43.1 Å². The predicted octanol–water partition coefficient (Wildman–Crippen LogP) is 3.30. The molecule has 0 saturated heterocycles. The number of rotatable bonds is 6. The molecule has 1 heterocycles. The maximum atomic E-state index is 8.48. The van der Waals surface area contributed by atoms with Gasteiger partial charge in [0.1, 0.15) is 17.6 Å². The largest absolute Gasteiger partial charge is 0.479 e. The topological polar surface area (TPSA) is 71.1 Å². The SMILES string of the molecule is Cc1cnc(C(C)NC(C)c2ccc(OCC#N)cc2)o1. The molecule has 0 aliphatic rings. The van der Waals surface area contributed by atoms with Gasteiger partial charge in [-0.25, -0.2) is 4.98 Å². The number of aromatic nitrogens is 1. The average molecular weight is 285 g/mol. The molecule has 5 heteroatoms. The Morgan fingerprint density at radius 2 is 2.00 bits per heavy atom. The van der Waals surface area contributed by atoms with E-state index < -0.39 is 0 Å². The summed E-state index contributed by atoms with van der Waals surface area (Å²) >= 11 is 0. The van der Waals surface area contributed by atoms with Gasteiger partial charge in [-0.1, -0.05) is 12.1 Å². The highest BCUT2D eigenvalue weighted by atomic mass is 16.5. The number of aryl methyl sites for hydroxylation is 1. The van der Waals surface area contributed by atoms with Gasteiger partial charge in [-0.05, 0) is 38.5 Å². The number of nitriles is 1. The van der Waals surface area contributed by atoms with Crippen molar-refractivity contribution in [1.29, 1.82) is 5.26 Å². The van der Waals surface area contributed by atoms with E-state index in [2.05, 4.69) is 17.2 Å². The molecule has 5 nitrogen and oxygen atoms in total. The first-order chi connectivity index (χ1) is 10.1. The van der Waals surface area contributed by atoms with E-state index in [1.165, 1.54) is 0 Å². The van der Waals surface area contributed by atoms with Crippen LogP contribution in [0.15, 0.2) is 34.9 Å². The molecule has 21 heavy (non-hydrogen) atoms. The van der Waals surface area contributed by atoms with Crippen LogP contribution in [0.4, 0.5) is 0 Å². The molecule has 0 bridgehead atoms. The molecule has 1 N–H and O–H groups in total. The summed E-state index contributed by atoms with van der Waals surface area (Å²) in [5.74, 6) is 2.20. The van der Waals surface area contributed by atoms with Crippen LogP contribution >= 0.6 is 0 Å². The molecule has 1 aromatic carbocycles. The number of benzene rings is 1. The number of nitrogens with zero attached hydrogens (tertiary/aromatic N) is 2. The Kier molecular flexibility index (Phi) is 4.96. The van der Waals surface area contributed by atoms with Crippen molar-refractivity contribution in [2.24, 2.45) is 0 Å². The first-order valence-electron chi connectivity index (χ1n) is 6.88. The van der Waals surface area contributed by atoms with Crippen molar-refractivity contribution >= 4 is 0 Å². The third-order valence-corrected chi connectivity index (χ3v) is 3.19. The van der Waals surface area contributed by atoms with Gasteiger partial charge in [0.25, 0.3) is 0 Å². The predicted molar refractivity (Wildman–Crippen MR) is 78.8 cm³/mol. The highest BCUT2D eigenvalue weighted by molar-refractivity contribution is 5.29. The highest BCUT2D eigenvalue weighted by Gasteiger charge is 2.15. The third kappa shape index (κ3) is 4.07. The second-order valence-corrected chi connectivity index (χ2v) is 4.94. The van der Waals surface area contributed by atoms with Gasteiger partial charge in [0.2, 0.25) is 5.89 Å². The Bertz CT molecular complexity index is 613. The summed E-state index contributed by atoms with van der Waals surface area (Å²) in [6.07, 6.45) is 1.72. The summed E-state index contributed by atoms with van der Waals surface area (Å²) in [4.78, 5) is 4.23. The van der Waals surface area contributed by atoms with Crippen molar-refractivity contribution in [2.45, 2.75) is 32.9 Å². The third-order valence-electron chi connectivity index (χ3n) is 3.19. The Balaban J connectivity index is 1.96. The summed E-state index contributed by atoms with van der Waals surface area (Å²) in [6.45, 7) is 6.05. The fraction of sp³-hybridized carbons (Fsp3) is 0.375. The zero-order chi connectivity index (χ0) is 15.2. The summed E-state index contributed by atoms with van der Waals surface area (Å²) < 4.78 is 10.8. The molecule has 2 rings (SSSR count). The van der Waals surface area contributed by atoms with E-state index in [1.807, 2.05) is 44.2 Å². The number of hydrogen-bond donors (Lipinski definition) is 1. The molecule has 0 radical (unpaired) electrons. The van der Waals surface area contributed by atoms with E-state index in [4.69, 9.17) is 14.4 Å². The molecule has 1 aromatic heterocycles. The number of ether oxygens (including phenoxy) is 1. The first kappa shape index (κ1) is 15.1. The molecule has 110 valence electrons. The Hall–Kier alpha value is -2.32. The van der Waals surface area contributed by atoms with Crippen molar-refractivity contribution in [3.8, 4) is 11.8 Å². The Morgan fingerprint density at radius 1 is 1.29 bits per heavy atom. The molecule has 0 spiro atoms. The molecule has 2 atom stereocenters.